The number of aromatic nitrogens is 1. The Labute approximate surface area is 158 Å². The van der Waals surface area contributed by atoms with Crippen LogP contribution in [-0.4, -0.2) is 16.8 Å². The fraction of sp³-hybridized carbons (Fsp3) is 0.136. The van der Waals surface area contributed by atoms with Gasteiger partial charge in [0, 0.05) is 35.8 Å². The van der Waals surface area contributed by atoms with E-state index in [2.05, 4.69) is 15.6 Å². The monoisotopic (exact) mass is 359 g/mol. The van der Waals surface area contributed by atoms with Gasteiger partial charge in [-0.3, -0.25) is 14.6 Å². The van der Waals surface area contributed by atoms with E-state index in [0.717, 1.165) is 23.2 Å². The van der Waals surface area contributed by atoms with Gasteiger partial charge in [0.05, 0.1) is 0 Å². The first-order valence-corrected chi connectivity index (χ1v) is 8.84. The van der Waals surface area contributed by atoms with E-state index in [4.69, 9.17) is 0 Å². The average Bonchev–Trinajstić information content (AvgIpc) is 2.73. The molecule has 3 aromatic rings. The zero-order valence-electron chi connectivity index (χ0n) is 15.1. The van der Waals surface area contributed by atoms with Crippen molar-refractivity contribution in [1.29, 1.82) is 0 Å². The number of carbonyl (C=O) groups is 2. The predicted octanol–water partition coefficient (Wildman–Crippen LogP) is 3.83. The highest BCUT2D eigenvalue weighted by Gasteiger charge is 2.12. The highest BCUT2D eigenvalue weighted by atomic mass is 16.2. The minimum atomic E-state index is -0.236. The Bertz CT molecular complexity index is 939. The summed E-state index contributed by atoms with van der Waals surface area (Å²) in [6, 6.07) is 18.1. The molecule has 3 rings (SSSR count). The summed E-state index contributed by atoms with van der Waals surface area (Å²) in [5.74, 6) is -0.463. The number of pyridine rings is 1. The molecule has 2 aromatic carbocycles. The fourth-order valence-electron chi connectivity index (χ4n) is 2.73. The number of hydrogen-bond donors (Lipinski definition) is 2. The maximum Gasteiger partial charge on any atom is 0.255 e. The SMILES string of the molecule is CCc1ccccc1NC(=O)c1cccc(C(=O)NCc2ccncc2)c1. The second-order valence-corrected chi connectivity index (χ2v) is 6.08. The molecule has 1 aromatic heterocycles. The van der Waals surface area contributed by atoms with Crippen molar-refractivity contribution in [2.24, 2.45) is 0 Å². The zero-order chi connectivity index (χ0) is 19.1. The van der Waals surface area contributed by atoms with Crippen LogP contribution in [0.1, 0.15) is 38.8 Å². The number of amides is 2. The van der Waals surface area contributed by atoms with Gasteiger partial charge in [-0.25, -0.2) is 0 Å². The van der Waals surface area contributed by atoms with Gasteiger partial charge in [-0.1, -0.05) is 31.2 Å². The number of carbonyl (C=O) groups excluding carboxylic acids is 2. The van der Waals surface area contributed by atoms with Crippen molar-refractivity contribution in [3.63, 3.8) is 0 Å². The van der Waals surface area contributed by atoms with Crippen molar-refractivity contribution < 1.29 is 9.59 Å². The van der Waals surface area contributed by atoms with E-state index in [1.54, 1.807) is 36.7 Å². The number of nitrogens with one attached hydrogen (secondary N) is 2. The molecule has 0 fully saturated rings. The van der Waals surface area contributed by atoms with Crippen LogP contribution in [0.15, 0.2) is 73.1 Å². The van der Waals surface area contributed by atoms with Crippen LogP contribution >= 0.6 is 0 Å². The van der Waals surface area contributed by atoms with E-state index in [1.165, 1.54) is 0 Å². The first-order valence-electron chi connectivity index (χ1n) is 8.84. The van der Waals surface area contributed by atoms with Crippen molar-refractivity contribution in [2.45, 2.75) is 19.9 Å². The first kappa shape index (κ1) is 18.3. The lowest BCUT2D eigenvalue weighted by Crippen LogP contribution is -2.23. The number of anilines is 1. The lowest BCUT2D eigenvalue weighted by atomic mass is 10.1. The molecular formula is C22H21N3O2. The van der Waals surface area contributed by atoms with E-state index in [1.807, 2.05) is 43.3 Å². The van der Waals surface area contributed by atoms with Crippen LogP contribution in [0.2, 0.25) is 0 Å². The van der Waals surface area contributed by atoms with Crippen molar-refractivity contribution >= 4 is 17.5 Å². The number of para-hydroxylation sites is 1. The smallest absolute Gasteiger partial charge is 0.255 e. The van der Waals surface area contributed by atoms with Crippen molar-refractivity contribution in [1.82, 2.24) is 10.3 Å². The lowest BCUT2D eigenvalue weighted by molar-refractivity contribution is 0.0951. The van der Waals surface area contributed by atoms with E-state index in [9.17, 15) is 9.59 Å². The minimum Gasteiger partial charge on any atom is -0.348 e. The Morgan fingerprint density at radius 2 is 1.59 bits per heavy atom. The Hall–Kier alpha value is -3.47. The summed E-state index contributed by atoms with van der Waals surface area (Å²) < 4.78 is 0. The largest absolute Gasteiger partial charge is 0.348 e. The molecule has 0 saturated heterocycles. The molecule has 0 atom stereocenters. The minimum absolute atomic E-state index is 0.226. The molecule has 0 aliphatic rings. The molecule has 2 N–H and O–H groups in total. The van der Waals surface area contributed by atoms with E-state index < -0.39 is 0 Å². The molecule has 5 nitrogen and oxygen atoms in total. The molecule has 0 radical (unpaired) electrons. The summed E-state index contributed by atoms with van der Waals surface area (Å²) in [6.07, 6.45) is 4.19. The van der Waals surface area contributed by atoms with Gasteiger partial charge in [-0.05, 0) is 53.9 Å². The fourth-order valence-corrected chi connectivity index (χ4v) is 2.73. The first-order chi connectivity index (χ1) is 13.2. The standard InChI is InChI=1S/C22H21N3O2/c1-2-17-6-3-4-9-20(17)25-22(27)19-8-5-7-18(14-19)21(26)24-15-16-10-12-23-13-11-16/h3-14H,2,15H2,1H3,(H,24,26)(H,25,27). The summed E-state index contributed by atoms with van der Waals surface area (Å²) in [5, 5.41) is 5.78. The number of nitrogens with zero attached hydrogens (tertiary/aromatic N) is 1. The third-order valence-electron chi connectivity index (χ3n) is 4.24. The van der Waals surface area contributed by atoms with Crippen LogP contribution in [0.25, 0.3) is 0 Å². The molecule has 5 heteroatoms. The number of aryl methyl sites for hydroxylation is 1. The van der Waals surface area contributed by atoms with Crippen LogP contribution in [-0.2, 0) is 13.0 Å². The van der Waals surface area contributed by atoms with E-state index in [-0.39, 0.29) is 11.8 Å². The Morgan fingerprint density at radius 1 is 0.889 bits per heavy atom. The van der Waals surface area contributed by atoms with Crippen molar-refractivity contribution in [2.75, 3.05) is 5.32 Å². The maximum absolute atomic E-state index is 12.6. The number of rotatable bonds is 6. The summed E-state index contributed by atoms with van der Waals surface area (Å²) in [5.41, 5.74) is 3.70. The lowest BCUT2D eigenvalue weighted by Gasteiger charge is -2.10. The molecule has 0 aliphatic carbocycles. The van der Waals surface area contributed by atoms with Gasteiger partial charge in [0.15, 0.2) is 0 Å². The third kappa shape index (κ3) is 4.79. The average molecular weight is 359 g/mol. The van der Waals surface area contributed by atoms with Crippen molar-refractivity contribution in [3.05, 3.63) is 95.3 Å². The van der Waals surface area contributed by atoms with Crippen LogP contribution in [0.4, 0.5) is 5.69 Å². The summed E-state index contributed by atoms with van der Waals surface area (Å²) in [7, 11) is 0. The normalized spacial score (nSPS) is 10.3. The predicted molar refractivity (Wildman–Crippen MR) is 106 cm³/mol. The second kappa shape index (κ2) is 8.76. The van der Waals surface area contributed by atoms with Gasteiger partial charge in [0.1, 0.15) is 0 Å². The van der Waals surface area contributed by atoms with Gasteiger partial charge < -0.3 is 10.6 Å². The summed E-state index contributed by atoms with van der Waals surface area (Å²) in [6.45, 7) is 2.44. The second-order valence-electron chi connectivity index (χ2n) is 6.08. The number of benzene rings is 2. The molecule has 136 valence electrons. The Morgan fingerprint density at radius 3 is 2.33 bits per heavy atom. The molecule has 27 heavy (non-hydrogen) atoms. The summed E-state index contributed by atoms with van der Waals surface area (Å²) in [4.78, 5) is 28.9. The maximum atomic E-state index is 12.6. The molecular weight excluding hydrogens is 338 g/mol. The Kier molecular flexibility index (Phi) is 5.94. The van der Waals surface area contributed by atoms with Gasteiger partial charge in [-0.2, -0.15) is 0 Å². The number of hydrogen-bond acceptors (Lipinski definition) is 3. The van der Waals surface area contributed by atoms with Crippen LogP contribution < -0.4 is 10.6 Å². The molecule has 0 spiro atoms. The van der Waals surface area contributed by atoms with Crippen LogP contribution in [0, 0.1) is 0 Å². The topological polar surface area (TPSA) is 71.1 Å². The quantitative estimate of drug-likeness (QED) is 0.703. The van der Waals surface area contributed by atoms with Gasteiger partial charge in [0.2, 0.25) is 0 Å². The third-order valence-corrected chi connectivity index (χ3v) is 4.24. The molecule has 1 heterocycles. The Balaban J connectivity index is 1.69. The molecule has 0 saturated carbocycles. The molecule has 0 bridgehead atoms. The molecule has 0 unspecified atom stereocenters. The van der Waals surface area contributed by atoms with Crippen LogP contribution in [0.3, 0.4) is 0 Å². The van der Waals surface area contributed by atoms with Crippen LogP contribution in [0.5, 0.6) is 0 Å². The van der Waals surface area contributed by atoms with E-state index >= 15 is 0 Å². The van der Waals surface area contributed by atoms with Gasteiger partial charge in [0.25, 0.3) is 11.8 Å². The zero-order valence-corrected chi connectivity index (χ0v) is 15.1. The van der Waals surface area contributed by atoms with Gasteiger partial charge in [-0.15, -0.1) is 0 Å². The molecule has 0 aliphatic heterocycles. The summed E-state index contributed by atoms with van der Waals surface area (Å²) >= 11 is 0. The van der Waals surface area contributed by atoms with E-state index in [0.29, 0.717) is 17.7 Å². The van der Waals surface area contributed by atoms with Crippen molar-refractivity contribution in [3.8, 4) is 0 Å². The molecule has 2 amide bonds. The highest BCUT2D eigenvalue weighted by molar-refractivity contribution is 6.06. The highest BCUT2D eigenvalue weighted by Crippen LogP contribution is 2.17. The van der Waals surface area contributed by atoms with Gasteiger partial charge >= 0.3 is 0 Å².